The molecule has 0 aromatic carbocycles. The van der Waals surface area contributed by atoms with E-state index in [1.165, 1.54) is 0 Å². The summed E-state index contributed by atoms with van der Waals surface area (Å²) in [5, 5.41) is 9.97. The number of aliphatic carboxylic acids is 1. The molecular weight excluding hydrogens is 118 g/mol. The zero-order valence-electron chi connectivity index (χ0n) is 5.59. The Hall–Kier alpha value is -0.570. The average Bonchev–Trinajstić information content (AvgIpc) is 1.82. The Kier molecular flexibility index (Phi) is 4.05. The second-order valence-corrected chi connectivity index (χ2v) is 2.07. The molecule has 54 valence electrons. The molecule has 0 aliphatic heterocycles. The summed E-state index contributed by atoms with van der Waals surface area (Å²) in [7, 11) is 0. The number of carbonyl (C=O) groups is 1. The van der Waals surface area contributed by atoms with E-state index in [1.54, 1.807) is 0 Å². The van der Waals surface area contributed by atoms with Crippen molar-refractivity contribution in [3.63, 3.8) is 0 Å². The van der Waals surface area contributed by atoms with Crippen LogP contribution in [0.3, 0.4) is 0 Å². The Morgan fingerprint density at radius 1 is 1.78 bits per heavy atom. The van der Waals surface area contributed by atoms with Gasteiger partial charge in [0.1, 0.15) is 0 Å². The van der Waals surface area contributed by atoms with Crippen molar-refractivity contribution >= 4 is 5.97 Å². The molecule has 0 heterocycles. The molecule has 9 heavy (non-hydrogen) atoms. The van der Waals surface area contributed by atoms with Gasteiger partial charge in [-0.3, -0.25) is 0 Å². The molecule has 0 aromatic heterocycles. The van der Waals surface area contributed by atoms with Crippen molar-refractivity contribution in [2.24, 2.45) is 5.73 Å². The highest BCUT2D eigenvalue weighted by Gasteiger charge is 1.99. The monoisotopic (exact) mass is 130 g/mol. The fraction of sp³-hybridized carbons (Fsp3) is 0.833. The first-order valence-corrected chi connectivity index (χ1v) is 3.15. The van der Waals surface area contributed by atoms with Gasteiger partial charge in [0.15, 0.2) is 0 Å². The van der Waals surface area contributed by atoms with Crippen LogP contribution in [0.15, 0.2) is 0 Å². The maximum absolute atomic E-state index is 9.97. The van der Waals surface area contributed by atoms with Gasteiger partial charge in [-0.25, -0.2) is 0 Å². The largest absolute Gasteiger partial charge is 0.548 e. The molecule has 0 radical (unpaired) electrons. The third kappa shape index (κ3) is 3.97. The highest BCUT2D eigenvalue weighted by molar-refractivity contribution is 5.70. The molecule has 0 fully saturated rings. The van der Waals surface area contributed by atoms with E-state index < -0.39 is 12.0 Å². The van der Waals surface area contributed by atoms with Crippen LogP contribution in [0.1, 0.15) is 26.2 Å². The summed E-state index contributed by atoms with van der Waals surface area (Å²) in [5.41, 5.74) is 5.14. The first kappa shape index (κ1) is 8.43. The molecular formula is C6H12NO2-. The highest BCUT2D eigenvalue weighted by atomic mass is 16.4. The predicted molar refractivity (Wildman–Crippen MR) is 32.5 cm³/mol. The summed E-state index contributed by atoms with van der Waals surface area (Å²) < 4.78 is 0. The van der Waals surface area contributed by atoms with Gasteiger partial charge in [0.05, 0.1) is 5.97 Å². The van der Waals surface area contributed by atoms with Crippen molar-refractivity contribution in [3.8, 4) is 0 Å². The number of hydrogen-bond donors (Lipinski definition) is 1. The molecule has 0 saturated heterocycles. The molecule has 0 aromatic rings. The molecule has 3 heteroatoms. The van der Waals surface area contributed by atoms with E-state index in [9.17, 15) is 9.90 Å². The summed E-state index contributed by atoms with van der Waals surface area (Å²) in [6, 6.07) is -0.773. The molecule has 0 aliphatic rings. The van der Waals surface area contributed by atoms with Gasteiger partial charge in [-0.15, -0.1) is 0 Å². The third-order valence-corrected chi connectivity index (χ3v) is 1.17. The first-order chi connectivity index (χ1) is 4.18. The number of unbranched alkanes of at least 4 members (excludes halogenated alkanes) is 1. The van der Waals surface area contributed by atoms with Gasteiger partial charge in [0.2, 0.25) is 0 Å². The van der Waals surface area contributed by atoms with Crippen LogP contribution >= 0.6 is 0 Å². The Morgan fingerprint density at radius 2 is 2.33 bits per heavy atom. The molecule has 0 saturated carbocycles. The second-order valence-electron chi connectivity index (χ2n) is 2.07. The standard InChI is InChI=1S/C6H13NO2/c1-2-3-4-5(7)6(8)9/h5H,2-4,7H2,1H3,(H,8,9)/p-1. The lowest BCUT2D eigenvalue weighted by molar-refractivity contribution is -0.307. The van der Waals surface area contributed by atoms with E-state index in [-0.39, 0.29) is 0 Å². The topological polar surface area (TPSA) is 66.2 Å². The van der Waals surface area contributed by atoms with Crippen LogP contribution in [-0.2, 0) is 4.79 Å². The minimum atomic E-state index is -1.15. The Morgan fingerprint density at radius 3 is 2.67 bits per heavy atom. The van der Waals surface area contributed by atoms with Crippen molar-refractivity contribution in [2.75, 3.05) is 0 Å². The number of rotatable bonds is 4. The number of carboxylic acids is 1. The maximum atomic E-state index is 9.97. The van der Waals surface area contributed by atoms with E-state index in [0.29, 0.717) is 6.42 Å². The van der Waals surface area contributed by atoms with Crippen LogP contribution < -0.4 is 10.8 Å². The maximum Gasteiger partial charge on any atom is 0.0582 e. The molecule has 0 aliphatic carbocycles. The minimum absolute atomic E-state index is 0.527. The molecule has 1 unspecified atom stereocenters. The Balaban J connectivity index is 3.27. The number of carboxylic acid groups (broad SMARTS) is 1. The van der Waals surface area contributed by atoms with Crippen molar-refractivity contribution in [3.05, 3.63) is 0 Å². The van der Waals surface area contributed by atoms with Gasteiger partial charge in [-0.1, -0.05) is 19.8 Å². The Bertz CT molecular complexity index is 93.1. The van der Waals surface area contributed by atoms with Crippen molar-refractivity contribution in [2.45, 2.75) is 32.2 Å². The Labute approximate surface area is 54.9 Å². The summed E-state index contributed by atoms with van der Waals surface area (Å²) >= 11 is 0. The molecule has 1 atom stereocenters. The molecule has 0 amide bonds. The van der Waals surface area contributed by atoms with E-state index >= 15 is 0 Å². The fourth-order valence-electron chi connectivity index (χ4n) is 0.542. The number of hydrogen-bond acceptors (Lipinski definition) is 3. The van der Waals surface area contributed by atoms with Crippen LogP contribution in [0.25, 0.3) is 0 Å². The third-order valence-electron chi connectivity index (χ3n) is 1.17. The molecule has 0 rings (SSSR count). The van der Waals surface area contributed by atoms with Crippen molar-refractivity contribution < 1.29 is 9.90 Å². The quantitative estimate of drug-likeness (QED) is 0.544. The van der Waals surface area contributed by atoms with E-state index in [0.717, 1.165) is 12.8 Å². The minimum Gasteiger partial charge on any atom is -0.548 e. The lowest BCUT2D eigenvalue weighted by Crippen LogP contribution is -2.41. The molecule has 3 nitrogen and oxygen atoms in total. The van der Waals surface area contributed by atoms with Crippen LogP contribution in [0.5, 0.6) is 0 Å². The molecule has 0 bridgehead atoms. The summed E-state index contributed by atoms with van der Waals surface area (Å²) in [6.45, 7) is 1.99. The molecule has 0 spiro atoms. The van der Waals surface area contributed by atoms with Gasteiger partial charge >= 0.3 is 0 Å². The van der Waals surface area contributed by atoms with Crippen LogP contribution in [0.4, 0.5) is 0 Å². The SMILES string of the molecule is CCCCC(N)C(=O)[O-]. The zero-order valence-corrected chi connectivity index (χ0v) is 5.59. The normalized spacial score (nSPS) is 13.1. The summed E-state index contributed by atoms with van der Waals surface area (Å²) in [4.78, 5) is 9.97. The van der Waals surface area contributed by atoms with Crippen molar-refractivity contribution in [1.82, 2.24) is 0 Å². The summed E-state index contributed by atoms with van der Waals surface area (Å²) in [6.07, 6.45) is 2.36. The lowest BCUT2D eigenvalue weighted by Gasteiger charge is -2.10. The van der Waals surface area contributed by atoms with Gasteiger partial charge in [-0.2, -0.15) is 0 Å². The number of carbonyl (C=O) groups excluding carboxylic acids is 1. The average molecular weight is 130 g/mol. The smallest absolute Gasteiger partial charge is 0.0582 e. The lowest BCUT2D eigenvalue weighted by atomic mass is 10.1. The fourth-order valence-corrected chi connectivity index (χ4v) is 0.542. The first-order valence-electron chi connectivity index (χ1n) is 3.15. The van der Waals surface area contributed by atoms with Crippen molar-refractivity contribution in [1.29, 1.82) is 0 Å². The van der Waals surface area contributed by atoms with Gasteiger partial charge < -0.3 is 15.6 Å². The number of nitrogens with two attached hydrogens (primary N) is 1. The van der Waals surface area contributed by atoms with Crippen LogP contribution in [0, 0.1) is 0 Å². The zero-order chi connectivity index (χ0) is 7.28. The van der Waals surface area contributed by atoms with E-state index in [2.05, 4.69) is 0 Å². The molecule has 2 N–H and O–H groups in total. The van der Waals surface area contributed by atoms with Gasteiger partial charge in [0.25, 0.3) is 0 Å². The van der Waals surface area contributed by atoms with Crippen LogP contribution in [-0.4, -0.2) is 12.0 Å². The van der Waals surface area contributed by atoms with Gasteiger partial charge in [0, 0.05) is 6.04 Å². The summed E-state index contributed by atoms with van der Waals surface area (Å²) in [5.74, 6) is -1.15. The predicted octanol–water partition coefficient (Wildman–Crippen LogP) is -0.746. The van der Waals surface area contributed by atoms with E-state index in [1.807, 2.05) is 6.92 Å². The highest BCUT2D eigenvalue weighted by Crippen LogP contribution is 1.95. The van der Waals surface area contributed by atoms with Crippen LogP contribution in [0.2, 0.25) is 0 Å². The van der Waals surface area contributed by atoms with E-state index in [4.69, 9.17) is 5.73 Å². The van der Waals surface area contributed by atoms with Gasteiger partial charge in [-0.05, 0) is 6.42 Å². The second kappa shape index (κ2) is 4.32.